The standard InChI is InChI=1S/C18H27N3O2/c1-14(21-11-5-3-4-6-12-21)18(23)20-16-9-7-15(8-10-16)13-17(22)19-2/h7-10,14H,3-6,11-13H2,1-2H3,(H,19,22)(H,20,23)/t14-/m1/s1. The SMILES string of the molecule is CNC(=O)Cc1ccc(NC(=O)[C@@H](C)N2CCCCCC2)cc1. The molecule has 1 aliphatic rings. The summed E-state index contributed by atoms with van der Waals surface area (Å²) in [6, 6.07) is 7.35. The van der Waals surface area contributed by atoms with Crippen LogP contribution in [0.5, 0.6) is 0 Å². The Morgan fingerprint density at radius 2 is 1.70 bits per heavy atom. The molecular weight excluding hydrogens is 290 g/mol. The van der Waals surface area contributed by atoms with Crippen molar-refractivity contribution < 1.29 is 9.59 Å². The Bertz CT molecular complexity index is 520. The van der Waals surface area contributed by atoms with Gasteiger partial charge in [-0.3, -0.25) is 14.5 Å². The first-order chi connectivity index (χ1) is 11.1. The van der Waals surface area contributed by atoms with Crippen molar-refractivity contribution in [1.29, 1.82) is 0 Å². The summed E-state index contributed by atoms with van der Waals surface area (Å²) in [4.78, 5) is 26.0. The molecule has 0 aliphatic carbocycles. The number of amides is 2. The minimum absolute atomic E-state index is 0.0171. The second kappa shape index (κ2) is 8.67. The predicted molar refractivity (Wildman–Crippen MR) is 92.3 cm³/mol. The van der Waals surface area contributed by atoms with Crippen LogP contribution in [0.2, 0.25) is 0 Å². The number of anilines is 1. The van der Waals surface area contributed by atoms with Crippen LogP contribution in [0.4, 0.5) is 5.69 Å². The molecular formula is C18H27N3O2. The molecule has 5 heteroatoms. The number of carbonyl (C=O) groups is 2. The fraction of sp³-hybridized carbons (Fsp3) is 0.556. The highest BCUT2D eigenvalue weighted by atomic mass is 16.2. The molecule has 2 N–H and O–H groups in total. The van der Waals surface area contributed by atoms with Gasteiger partial charge in [0, 0.05) is 12.7 Å². The van der Waals surface area contributed by atoms with E-state index >= 15 is 0 Å². The molecule has 1 fully saturated rings. The van der Waals surface area contributed by atoms with Crippen LogP contribution in [-0.4, -0.2) is 42.9 Å². The van der Waals surface area contributed by atoms with Gasteiger partial charge in [-0.15, -0.1) is 0 Å². The van der Waals surface area contributed by atoms with Crippen LogP contribution >= 0.6 is 0 Å². The van der Waals surface area contributed by atoms with E-state index in [4.69, 9.17) is 0 Å². The number of likely N-dealkylation sites (tertiary alicyclic amines) is 1. The van der Waals surface area contributed by atoms with Gasteiger partial charge < -0.3 is 10.6 Å². The highest BCUT2D eigenvalue weighted by Crippen LogP contribution is 2.15. The molecule has 0 radical (unpaired) electrons. The van der Waals surface area contributed by atoms with Crippen LogP contribution in [0.3, 0.4) is 0 Å². The molecule has 23 heavy (non-hydrogen) atoms. The second-order valence-corrected chi connectivity index (χ2v) is 6.16. The summed E-state index contributed by atoms with van der Waals surface area (Å²) in [5.41, 5.74) is 1.71. The van der Waals surface area contributed by atoms with E-state index in [0.29, 0.717) is 6.42 Å². The molecule has 0 saturated carbocycles. The average molecular weight is 317 g/mol. The smallest absolute Gasteiger partial charge is 0.241 e. The van der Waals surface area contributed by atoms with Crippen molar-refractivity contribution in [3.63, 3.8) is 0 Å². The van der Waals surface area contributed by atoms with Crippen LogP contribution in [0.25, 0.3) is 0 Å². The quantitative estimate of drug-likeness (QED) is 0.875. The Balaban J connectivity index is 1.90. The Morgan fingerprint density at radius 1 is 1.09 bits per heavy atom. The van der Waals surface area contributed by atoms with Crippen LogP contribution in [-0.2, 0) is 16.0 Å². The Kier molecular flexibility index (Phi) is 6.59. The molecule has 1 heterocycles. The zero-order valence-corrected chi connectivity index (χ0v) is 14.1. The van der Waals surface area contributed by atoms with E-state index < -0.39 is 0 Å². The molecule has 0 aromatic heterocycles. The molecule has 1 saturated heterocycles. The Hall–Kier alpha value is -1.88. The van der Waals surface area contributed by atoms with Crippen molar-refractivity contribution in [3.8, 4) is 0 Å². The normalized spacial score (nSPS) is 17.1. The molecule has 0 bridgehead atoms. The van der Waals surface area contributed by atoms with Gasteiger partial charge in [-0.25, -0.2) is 0 Å². The first-order valence-corrected chi connectivity index (χ1v) is 8.44. The van der Waals surface area contributed by atoms with E-state index in [0.717, 1.165) is 24.3 Å². The topological polar surface area (TPSA) is 61.4 Å². The van der Waals surface area contributed by atoms with Gasteiger partial charge in [0.05, 0.1) is 12.5 Å². The third-order valence-electron chi connectivity index (χ3n) is 4.43. The summed E-state index contributed by atoms with van der Waals surface area (Å²) in [6.07, 6.45) is 5.22. The van der Waals surface area contributed by atoms with Crippen molar-refractivity contribution in [3.05, 3.63) is 29.8 Å². The average Bonchev–Trinajstić information content (AvgIpc) is 2.85. The van der Waals surface area contributed by atoms with Gasteiger partial charge in [0.15, 0.2) is 0 Å². The highest BCUT2D eigenvalue weighted by molar-refractivity contribution is 5.94. The van der Waals surface area contributed by atoms with Gasteiger partial charge in [0.1, 0.15) is 0 Å². The van der Waals surface area contributed by atoms with E-state index in [9.17, 15) is 9.59 Å². The molecule has 5 nitrogen and oxygen atoms in total. The first kappa shape index (κ1) is 17.5. The van der Waals surface area contributed by atoms with E-state index in [2.05, 4.69) is 15.5 Å². The highest BCUT2D eigenvalue weighted by Gasteiger charge is 2.22. The molecule has 1 atom stereocenters. The van der Waals surface area contributed by atoms with Crippen LogP contribution in [0.1, 0.15) is 38.2 Å². The fourth-order valence-corrected chi connectivity index (χ4v) is 2.87. The molecule has 1 aromatic carbocycles. The number of rotatable bonds is 5. The van der Waals surface area contributed by atoms with Crippen molar-refractivity contribution in [1.82, 2.24) is 10.2 Å². The molecule has 1 aliphatic heterocycles. The summed E-state index contributed by atoms with van der Waals surface area (Å²) in [7, 11) is 1.63. The maximum atomic E-state index is 12.4. The Labute approximate surface area is 138 Å². The fourth-order valence-electron chi connectivity index (χ4n) is 2.87. The summed E-state index contributed by atoms with van der Waals surface area (Å²) in [6.45, 7) is 3.97. The van der Waals surface area contributed by atoms with Crippen molar-refractivity contribution in [2.24, 2.45) is 0 Å². The Morgan fingerprint density at radius 3 is 2.26 bits per heavy atom. The molecule has 0 unspecified atom stereocenters. The third kappa shape index (κ3) is 5.36. The first-order valence-electron chi connectivity index (χ1n) is 8.44. The number of hydrogen-bond acceptors (Lipinski definition) is 3. The summed E-state index contributed by atoms with van der Waals surface area (Å²) >= 11 is 0. The van der Waals surface area contributed by atoms with Gasteiger partial charge >= 0.3 is 0 Å². The zero-order chi connectivity index (χ0) is 16.7. The number of nitrogens with zero attached hydrogens (tertiary/aromatic N) is 1. The van der Waals surface area contributed by atoms with Crippen LogP contribution in [0, 0.1) is 0 Å². The van der Waals surface area contributed by atoms with Crippen LogP contribution < -0.4 is 10.6 Å². The zero-order valence-electron chi connectivity index (χ0n) is 14.1. The maximum absolute atomic E-state index is 12.4. The molecule has 1 aromatic rings. The van der Waals surface area contributed by atoms with Crippen LogP contribution in [0.15, 0.2) is 24.3 Å². The number of benzene rings is 1. The minimum Gasteiger partial charge on any atom is -0.359 e. The minimum atomic E-state index is -0.112. The predicted octanol–water partition coefficient (Wildman–Crippen LogP) is 2.18. The lowest BCUT2D eigenvalue weighted by Crippen LogP contribution is -2.42. The van der Waals surface area contributed by atoms with Crippen molar-refractivity contribution in [2.45, 2.75) is 45.1 Å². The summed E-state index contributed by atoms with van der Waals surface area (Å²) in [5.74, 6) is 0.0162. The number of hydrogen-bond donors (Lipinski definition) is 2. The molecule has 0 spiro atoms. The molecule has 2 rings (SSSR count). The summed E-state index contributed by atoms with van der Waals surface area (Å²) < 4.78 is 0. The second-order valence-electron chi connectivity index (χ2n) is 6.16. The van der Waals surface area contributed by atoms with E-state index in [1.807, 2.05) is 31.2 Å². The van der Waals surface area contributed by atoms with Gasteiger partial charge in [-0.1, -0.05) is 25.0 Å². The number of likely N-dealkylation sites (N-methyl/N-ethyl adjacent to an activating group) is 1. The number of nitrogens with one attached hydrogen (secondary N) is 2. The van der Waals surface area contributed by atoms with E-state index in [1.165, 1.54) is 25.7 Å². The third-order valence-corrected chi connectivity index (χ3v) is 4.43. The molecule has 126 valence electrons. The number of carbonyl (C=O) groups excluding carboxylic acids is 2. The summed E-state index contributed by atoms with van der Waals surface area (Å²) in [5, 5.41) is 5.58. The monoisotopic (exact) mass is 317 g/mol. The lowest BCUT2D eigenvalue weighted by Gasteiger charge is -2.26. The lowest BCUT2D eigenvalue weighted by atomic mass is 10.1. The van der Waals surface area contributed by atoms with E-state index in [1.54, 1.807) is 7.05 Å². The lowest BCUT2D eigenvalue weighted by molar-refractivity contribution is -0.121. The van der Waals surface area contributed by atoms with Gasteiger partial charge in [0.2, 0.25) is 11.8 Å². The van der Waals surface area contributed by atoms with Crippen molar-refractivity contribution in [2.75, 3.05) is 25.5 Å². The van der Waals surface area contributed by atoms with Gasteiger partial charge in [-0.2, -0.15) is 0 Å². The maximum Gasteiger partial charge on any atom is 0.241 e. The van der Waals surface area contributed by atoms with E-state index in [-0.39, 0.29) is 17.9 Å². The van der Waals surface area contributed by atoms with Crippen molar-refractivity contribution >= 4 is 17.5 Å². The molecule has 2 amide bonds. The largest absolute Gasteiger partial charge is 0.359 e. The van der Waals surface area contributed by atoms with Gasteiger partial charge in [-0.05, 0) is 50.6 Å². The van der Waals surface area contributed by atoms with Gasteiger partial charge in [0.25, 0.3) is 0 Å².